The fourth-order valence-corrected chi connectivity index (χ4v) is 7.19. The minimum absolute atomic E-state index is 0.849. The van der Waals surface area contributed by atoms with Crippen molar-refractivity contribution in [2.45, 2.75) is 109 Å². The molecule has 0 heterocycles. The Morgan fingerprint density at radius 1 is 0.643 bits per heavy atom. The lowest BCUT2D eigenvalue weighted by atomic mass is 9.60. The quantitative estimate of drug-likeness (QED) is 0.415. The molecule has 0 N–H and O–H groups in total. The Hall–Kier alpha value is -0.780. The highest BCUT2D eigenvalue weighted by molar-refractivity contribution is 5.20. The van der Waals surface area contributed by atoms with Gasteiger partial charge in [0.2, 0.25) is 0 Å². The summed E-state index contributed by atoms with van der Waals surface area (Å²) < 4.78 is 0. The van der Waals surface area contributed by atoms with Crippen LogP contribution < -0.4 is 0 Å². The topological polar surface area (TPSA) is 0 Å². The Morgan fingerprint density at radius 2 is 1.29 bits per heavy atom. The monoisotopic (exact) mass is 380 g/mol. The van der Waals surface area contributed by atoms with E-state index in [1.54, 1.807) is 44.1 Å². The van der Waals surface area contributed by atoms with Crippen molar-refractivity contribution < 1.29 is 0 Å². The summed E-state index contributed by atoms with van der Waals surface area (Å²) >= 11 is 0. The minimum Gasteiger partial charge on any atom is -0.0654 e. The average Bonchev–Trinajstić information content (AvgIpc) is 2.77. The van der Waals surface area contributed by atoms with E-state index in [-0.39, 0.29) is 0 Å². The molecule has 4 atom stereocenters. The van der Waals surface area contributed by atoms with Gasteiger partial charge in [0, 0.05) is 0 Å². The number of unbranched alkanes of at least 4 members (excludes halogenated alkanes) is 3. The largest absolute Gasteiger partial charge is 0.0654 e. The number of hydrogen-bond acceptors (Lipinski definition) is 0. The van der Waals surface area contributed by atoms with Crippen molar-refractivity contribution in [1.82, 2.24) is 0 Å². The molecule has 4 rings (SSSR count). The fourth-order valence-electron chi connectivity index (χ4n) is 7.19. The lowest BCUT2D eigenvalue weighted by Gasteiger charge is -2.45. The van der Waals surface area contributed by atoms with E-state index in [1.807, 2.05) is 0 Å². The van der Waals surface area contributed by atoms with Crippen LogP contribution in [-0.4, -0.2) is 0 Å². The van der Waals surface area contributed by atoms with Crippen molar-refractivity contribution >= 4 is 0 Å². The van der Waals surface area contributed by atoms with Gasteiger partial charge in [-0.25, -0.2) is 0 Å². The molecule has 0 bridgehead atoms. The van der Waals surface area contributed by atoms with Gasteiger partial charge < -0.3 is 0 Å². The van der Waals surface area contributed by atoms with Crippen LogP contribution in [-0.2, 0) is 0 Å². The van der Waals surface area contributed by atoms with Crippen LogP contribution >= 0.6 is 0 Å². The van der Waals surface area contributed by atoms with Crippen LogP contribution in [0.4, 0.5) is 0 Å². The van der Waals surface area contributed by atoms with Gasteiger partial charge in [-0.1, -0.05) is 82.2 Å². The van der Waals surface area contributed by atoms with Crippen LogP contribution in [0.15, 0.2) is 30.3 Å². The Bertz CT molecular complexity index is 553. The third kappa shape index (κ3) is 5.22. The van der Waals surface area contributed by atoms with Gasteiger partial charge in [-0.15, -0.1) is 0 Å². The molecular weight excluding hydrogens is 336 g/mol. The summed E-state index contributed by atoms with van der Waals surface area (Å²) in [6.07, 6.45) is 22.7. The summed E-state index contributed by atoms with van der Waals surface area (Å²) in [6.45, 7) is 2.33. The zero-order valence-corrected chi connectivity index (χ0v) is 18.5. The molecule has 0 nitrogen and oxygen atoms in total. The fraction of sp³-hybridized carbons (Fsp3) is 0.786. The molecule has 3 saturated carbocycles. The summed E-state index contributed by atoms with van der Waals surface area (Å²) in [5.41, 5.74) is 1.61. The minimum atomic E-state index is 0.849. The van der Waals surface area contributed by atoms with Crippen LogP contribution in [0.5, 0.6) is 0 Å². The Balaban J connectivity index is 1.20. The van der Waals surface area contributed by atoms with Gasteiger partial charge in [0.25, 0.3) is 0 Å². The van der Waals surface area contributed by atoms with E-state index in [0.717, 1.165) is 35.5 Å². The zero-order valence-electron chi connectivity index (χ0n) is 18.5. The maximum Gasteiger partial charge on any atom is -0.0159 e. The van der Waals surface area contributed by atoms with Gasteiger partial charge in [0.1, 0.15) is 0 Å². The molecule has 0 radical (unpaired) electrons. The molecule has 0 aromatic heterocycles. The second-order valence-electron chi connectivity index (χ2n) is 10.6. The molecule has 0 amide bonds. The molecule has 4 unspecified atom stereocenters. The SMILES string of the molecule is CCCCCCC1CCC(C2CCC3CC(c4ccccc4)CCC3C2)CC1. The van der Waals surface area contributed by atoms with Gasteiger partial charge in [0.05, 0.1) is 0 Å². The van der Waals surface area contributed by atoms with Crippen molar-refractivity contribution in [3.63, 3.8) is 0 Å². The first-order valence-corrected chi connectivity index (χ1v) is 12.9. The van der Waals surface area contributed by atoms with Crippen molar-refractivity contribution in [2.75, 3.05) is 0 Å². The van der Waals surface area contributed by atoms with Crippen molar-refractivity contribution in [2.24, 2.45) is 29.6 Å². The van der Waals surface area contributed by atoms with Crippen molar-refractivity contribution in [1.29, 1.82) is 0 Å². The van der Waals surface area contributed by atoms with E-state index in [4.69, 9.17) is 0 Å². The number of rotatable bonds is 7. The molecule has 0 spiro atoms. The van der Waals surface area contributed by atoms with E-state index >= 15 is 0 Å². The van der Waals surface area contributed by atoms with Crippen LogP contribution in [0.25, 0.3) is 0 Å². The van der Waals surface area contributed by atoms with E-state index in [1.165, 1.54) is 57.8 Å². The maximum atomic E-state index is 2.37. The molecule has 1 aromatic rings. The normalized spacial score (nSPS) is 36.0. The molecule has 3 aliphatic rings. The summed E-state index contributed by atoms with van der Waals surface area (Å²) in [6, 6.07) is 11.4. The number of benzene rings is 1. The molecule has 0 saturated heterocycles. The molecule has 28 heavy (non-hydrogen) atoms. The Kier molecular flexibility index (Phi) is 7.54. The predicted molar refractivity (Wildman–Crippen MR) is 122 cm³/mol. The van der Waals surface area contributed by atoms with E-state index in [2.05, 4.69) is 37.3 Å². The van der Waals surface area contributed by atoms with Gasteiger partial charge in [-0.3, -0.25) is 0 Å². The third-order valence-corrected chi connectivity index (χ3v) is 8.95. The Labute approximate surface area is 174 Å². The predicted octanol–water partition coefficient (Wildman–Crippen LogP) is 8.76. The van der Waals surface area contributed by atoms with Crippen LogP contribution in [0.2, 0.25) is 0 Å². The van der Waals surface area contributed by atoms with Crippen molar-refractivity contribution in [3.05, 3.63) is 35.9 Å². The van der Waals surface area contributed by atoms with Crippen LogP contribution in [0.1, 0.15) is 115 Å². The first-order valence-electron chi connectivity index (χ1n) is 12.9. The van der Waals surface area contributed by atoms with Crippen LogP contribution in [0, 0.1) is 29.6 Å². The second-order valence-corrected chi connectivity index (χ2v) is 10.6. The van der Waals surface area contributed by atoms with E-state index < -0.39 is 0 Å². The van der Waals surface area contributed by atoms with E-state index in [9.17, 15) is 0 Å². The average molecular weight is 381 g/mol. The number of fused-ring (bicyclic) bond motifs is 1. The van der Waals surface area contributed by atoms with Gasteiger partial charge in [-0.2, -0.15) is 0 Å². The zero-order chi connectivity index (χ0) is 19.2. The first kappa shape index (κ1) is 20.5. The molecule has 1 aromatic carbocycles. The first-order chi connectivity index (χ1) is 13.8. The third-order valence-electron chi connectivity index (χ3n) is 8.95. The summed E-state index contributed by atoms with van der Waals surface area (Å²) in [7, 11) is 0. The molecule has 0 aliphatic heterocycles. The summed E-state index contributed by atoms with van der Waals surface area (Å²) in [5, 5.41) is 0. The standard InChI is InChI=1S/C28H44/c1-2-3-4-6-9-22-12-14-24(15-13-22)26-17-19-27-20-25(16-18-28(27)21-26)23-10-7-5-8-11-23/h5,7-8,10-11,22,24-28H,2-4,6,9,12-21H2,1H3. The van der Waals surface area contributed by atoms with E-state index in [0.29, 0.717) is 0 Å². The highest BCUT2D eigenvalue weighted by atomic mass is 14.4. The highest BCUT2D eigenvalue weighted by Gasteiger charge is 2.38. The summed E-state index contributed by atoms with van der Waals surface area (Å²) in [4.78, 5) is 0. The second kappa shape index (κ2) is 10.3. The smallest absolute Gasteiger partial charge is 0.0159 e. The van der Waals surface area contributed by atoms with Gasteiger partial charge in [0.15, 0.2) is 0 Å². The van der Waals surface area contributed by atoms with Crippen LogP contribution in [0.3, 0.4) is 0 Å². The van der Waals surface area contributed by atoms with Gasteiger partial charge in [-0.05, 0) is 92.4 Å². The summed E-state index contributed by atoms with van der Waals surface area (Å²) in [5.74, 6) is 6.18. The molecule has 3 aliphatic carbocycles. The Morgan fingerprint density at radius 3 is 2.04 bits per heavy atom. The maximum absolute atomic E-state index is 2.37. The molecular formula is C28H44. The van der Waals surface area contributed by atoms with Gasteiger partial charge >= 0.3 is 0 Å². The molecule has 156 valence electrons. The highest BCUT2D eigenvalue weighted by Crippen LogP contribution is 2.51. The lowest BCUT2D eigenvalue weighted by molar-refractivity contribution is 0.0710. The number of hydrogen-bond donors (Lipinski definition) is 0. The molecule has 0 heteroatoms. The molecule has 3 fully saturated rings. The lowest BCUT2D eigenvalue weighted by Crippen LogP contribution is -2.34. The van der Waals surface area contributed by atoms with Crippen molar-refractivity contribution in [3.8, 4) is 0 Å².